The van der Waals surface area contributed by atoms with Crippen LogP contribution < -0.4 is 5.32 Å². The van der Waals surface area contributed by atoms with Crippen molar-refractivity contribution in [1.29, 1.82) is 0 Å². The van der Waals surface area contributed by atoms with Crippen LogP contribution in [0, 0.1) is 0 Å². The molecule has 1 N–H and O–H groups in total. The van der Waals surface area contributed by atoms with Gasteiger partial charge in [0.25, 0.3) is 0 Å². The Balaban J connectivity index is 2.13. The molecule has 0 aliphatic carbocycles. The Bertz CT molecular complexity index is 346. The molecule has 0 bridgehead atoms. The van der Waals surface area contributed by atoms with Gasteiger partial charge in [-0.2, -0.15) is 5.10 Å². The van der Waals surface area contributed by atoms with Gasteiger partial charge in [-0.1, -0.05) is 0 Å². The van der Waals surface area contributed by atoms with E-state index in [9.17, 15) is 4.79 Å². The van der Waals surface area contributed by atoms with Gasteiger partial charge in [-0.25, -0.2) is 4.79 Å². The Morgan fingerprint density at radius 1 is 1.71 bits per heavy atom. The largest absolute Gasteiger partial charge is 0.439 e. The van der Waals surface area contributed by atoms with Crippen molar-refractivity contribution in [2.45, 2.75) is 26.0 Å². The van der Waals surface area contributed by atoms with Crippen LogP contribution in [0.25, 0.3) is 0 Å². The number of hydrogen-bond donors (Lipinski definition) is 1. The summed E-state index contributed by atoms with van der Waals surface area (Å²) < 4.78 is 6.89. The molecule has 1 unspecified atom stereocenters. The number of hydrogen-bond acceptors (Lipinski definition) is 3. The lowest BCUT2D eigenvalue weighted by Gasteiger charge is -2.05. The molecule has 2 rings (SSSR count). The second-order valence-corrected chi connectivity index (χ2v) is 3.62. The van der Waals surface area contributed by atoms with Crippen molar-refractivity contribution in [3.63, 3.8) is 0 Å². The Kier molecular flexibility index (Phi) is 2.15. The van der Waals surface area contributed by atoms with Crippen molar-refractivity contribution in [3.8, 4) is 0 Å². The molecule has 1 aromatic rings. The fourth-order valence-electron chi connectivity index (χ4n) is 1.38. The zero-order valence-corrected chi connectivity index (χ0v) is 8.23. The number of ether oxygens (including phenoxy) is 1. The lowest BCUT2D eigenvalue weighted by atomic mass is 10.2. The summed E-state index contributed by atoms with van der Waals surface area (Å²) in [5, 5.41) is 6.79. The minimum atomic E-state index is -0.354. The number of amides is 1. The first kappa shape index (κ1) is 9.05. The number of carbonyl (C=O) groups excluding carboxylic acids is 1. The van der Waals surface area contributed by atoms with Crippen LogP contribution in [0.4, 0.5) is 4.79 Å². The molecule has 0 saturated carbocycles. The number of nitrogens with one attached hydrogen (secondary N) is 1. The van der Waals surface area contributed by atoms with Crippen molar-refractivity contribution >= 4 is 6.09 Å². The van der Waals surface area contributed by atoms with Gasteiger partial charge in [0.1, 0.15) is 6.10 Å². The fraction of sp³-hybridized carbons (Fsp3) is 0.556. The standard InChI is InChI=1S/C9H13N3O2/c1-6(2)12-5-7(3-11-12)8-4-10-9(13)14-8/h3,5-6,8H,4H2,1-2H3,(H,10,13). The van der Waals surface area contributed by atoms with E-state index in [0.717, 1.165) is 5.56 Å². The van der Waals surface area contributed by atoms with Gasteiger partial charge in [-0.15, -0.1) is 0 Å². The first-order chi connectivity index (χ1) is 6.66. The quantitative estimate of drug-likeness (QED) is 0.772. The van der Waals surface area contributed by atoms with Gasteiger partial charge in [-0.3, -0.25) is 4.68 Å². The van der Waals surface area contributed by atoms with Crippen LogP contribution in [-0.2, 0) is 4.74 Å². The summed E-state index contributed by atoms with van der Waals surface area (Å²) in [6.45, 7) is 4.63. The van der Waals surface area contributed by atoms with Crippen LogP contribution in [0.3, 0.4) is 0 Å². The Labute approximate surface area is 82.0 Å². The molecule has 1 aromatic heterocycles. The lowest BCUT2D eigenvalue weighted by Crippen LogP contribution is -2.12. The maximum absolute atomic E-state index is 10.8. The van der Waals surface area contributed by atoms with Gasteiger partial charge in [0.05, 0.1) is 12.7 Å². The molecule has 1 saturated heterocycles. The van der Waals surface area contributed by atoms with E-state index in [0.29, 0.717) is 12.6 Å². The van der Waals surface area contributed by atoms with Gasteiger partial charge in [0.15, 0.2) is 0 Å². The predicted octanol–water partition coefficient (Wildman–Crippen LogP) is 1.24. The highest BCUT2D eigenvalue weighted by Crippen LogP contribution is 2.20. The Hall–Kier alpha value is -1.52. The molecule has 1 fully saturated rings. The second-order valence-electron chi connectivity index (χ2n) is 3.62. The number of aromatic nitrogens is 2. The smallest absolute Gasteiger partial charge is 0.407 e. The van der Waals surface area contributed by atoms with Gasteiger partial charge in [-0.05, 0) is 13.8 Å². The van der Waals surface area contributed by atoms with Crippen molar-refractivity contribution in [1.82, 2.24) is 15.1 Å². The van der Waals surface area contributed by atoms with Crippen molar-refractivity contribution in [2.75, 3.05) is 6.54 Å². The molecular weight excluding hydrogens is 182 g/mol. The molecule has 1 aliphatic heterocycles. The normalized spacial score (nSPS) is 21.1. The highest BCUT2D eigenvalue weighted by atomic mass is 16.6. The van der Waals surface area contributed by atoms with Crippen molar-refractivity contribution in [2.24, 2.45) is 0 Å². The molecule has 1 aliphatic rings. The van der Waals surface area contributed by atoms with Gasteiger partial charge in [0, 0.05) is 17.8 Å². The van der Waals surface area contributed by atoms with E-state index < -0.39 is 0 Å². The minimum Gasteiger partial charge on any atom is -0.439 e. The number of alkyl carbamates (subject to hydrolysis) is 1. The van der Waals surface area contributed by atoms with Crippen LogP contribution in [0.1, 0.15) is 31.6 Å². The van der Waals surface area contributed by atoms with Crippen LogP contribution in [0.15, 0.2) is 12.4 Å². The zero-order valence-electron chi connectivity index (χ0n) is 8.23. The summed E-state index contributed by atoms with van der Waals surface area (Å²) in [4.78, 5) is 10.8. The van der Waals surface area contributed by atoms with Crippen LogP contribution in [-0.4, -0.2) is 22.4 Å². The highest BCUT2D eigenvalue weighted by molar-refractivity contribution is 5.69. The summed E-state index contributed by atoms with van der Waals surface area (Å²) in [6.07, 6.45) is 3.11. The SMILES string of the molecule is CC(C)n1cc(C2CNC(=O)O2)cn1. The predicted molar refractivity (Wildman–Crippen MR) is 49.8 cm³/mol. The molecule has 2 heterocycles. The molecule has 76 valence electrons. The zero-order chi connectivity index (χ0) is 10.1. The molecule has 5 heteroatoms. The number of rotatable bonds is 2. The van der Waals surface area contributed by atoms with Crippen LogP contribution >= 0.6 is 0 Å². The number of nitrogens with zero attached hydrogens (tertiary/aromatic N) is 2. The van der Waals surface area contributed by atoms with Gasteiger partial charge < -0.3 is 10.1 Å². The van der Waals surface area contributed by atoms with Crippen molar-refractivity contribution < 1.29 is 9.53 Å². The summed E-state index contributed by atoms with van der Waals surface area (Å²) >= 11 is 0. The average Bonchev–Trinajstić information content (AvgIpc) is 2.70. The summed E-state index contributed by atoms with van der Waals surface area (Å²) in [5.74, 6) is 0. The van der Waals surface area contributed by atoms with E-state index in [1.807, 2.05) is 10.9 Å². The second kappa shape index (κ2) is 3.32. The Morgan fingerprint density at radius 2 is 2.50 bits per heavy atom. The molecule has 1 amide bonds. The van der Waals surface area contributed by atoms with E-state index in [4.69, 9.17) is 4.74 Å². The summed E-state index contributed by atoms with van der Waals surface area (Å²) in [7, 11) is 0. The van der Waals surface area contributed by atoms with Gasteiger partial charge >= 0.3 is 6.09 Å². The molecular formula is C9H13N3O2. The topological polar surface area (TPSA) is 56.2 Å². The summed E-state index contributed by atoms with van der Waals surface area (Å²) in [6, 6.07) is 0.328. The first-order valence-corrected chi connectivity index (χ1v) is 4.65. The molecule has 1 atom stereocenters. The van der Waals surface area contributed by atoms with Crippen LogP contribution in [0.5, 0.6) is 0 Å². The van der Waals surface area contributed by atoms with Crippen molar-refractivity contribution in [3.05, 3.63) is 18.0 Å². The monoisotopic (exact) mass is 195 g/mol. The average molecular weight is 195 g/mol. The maximum atomic E-state index is 10.8. The molecule has 5 nitrogen and oxygen atoms in total. The van der Waals surface area contributed by atoms with E-state index in [1.54, 1.807) is 6.20 Å². The molecule has 0 spiro atoms. The van der Waals surface area contributed by atoms with Gasteiger partial charge in [0.2, 0.25) is 0 Å². The third kappa shape index (κ3) is 1.57. The fourth-order valence-corrected chi connectivity index (χ4v) is 1.38. The maximum Gasteiger partial charge on any atom is 0.407 e. The molecule has 0 aromatic carbocycles. The van der Waals surface area contributed by atoms with Crippen LogP contribution in [0.2, 0.25) is 0 Å². The third-order valence-electron chi connectivity index (χ3n) is 2.20. The van der Waals surface area contributed by atoms with E-state index in [2.05, 4.69) is 24.3 Å². The first-order valence-electron chi connectivity index (χ1n) is 4.65. The number of carbonyl (C=O) groups is 1. The number of cyclic esters (lactones) is 1. The van der Waals surface area contributed by atoms with E-state index >= 15 is 0 Å². The van der Waals surface area contributed by atoms with E-state index in [1.165, 1.54) is 0 Å². The Morgan fingerprint density at radius 3 is 3.00 bits per heavy atom. The van der Waals surface area contributed by atoms with E-state index in [-0.39, 0.29) is 12.2 Å². The summed E-state index contributed by atoms with van der Waals surface area (Å²) in [5.41, 5.74) is 0.942. The molecule has 0 radical (unpaired) electrons. The highest BCUT2D eigenvalue weighted by Gasteiger charge is 2.25. The molecule has 14 heavy (non-hydrogen) atoms. The minimum absolute atomic E-state index is 0.185. The third-order valence-corrected chi connectivity index (χ3v) is 2.20. The lowest BCUT2D eigenvalue weighted by molar-refractivity contribution is 0.141.